The van der Waals surface area contributed by atoms with Gasteiger partial charge in [0, 0.05) is 11.6 Å². The second-order valence-corrected chi connectivity index (χ2v) is 7.97. The van der Waals surface area contributed by atoms with Gasteiger partial charge in [-0.05, 0) is 43.5 Å². The molecule has 1 atom stereocenters. The number of nitrogens with one attached hydrogen (secondary N) is 1. The van der Waals surface area contributed by atoms with Gasteiger partial charge in [-0.1, -0.05) is 48.0 Å². The topological polar surface area (TPSA) is 66.4 Å². The van der Waals surface area contributed by atoms with E-state index in [2.05, 4.69) is 4.72 Å². The smallest absolute Gasteiger partial charge is 0.240 e. The zero-order valence-electron chi connectivity index (χ0n) is 12.9. The first-order valence-corrected chi connectivity index (χ1v) is 9.16. The van der Waals surface area contributed by atoms with Gasteiger partial charge in [-0.3, -0.25) is 0 Å². The van der Waals surface area contributed by atoms with E-state index < -0.39 is 15.6 Å². The van der Waals surface area contributed by atoms with E-state index in [9.17, 15) is 13.5 Å². The molecular formula is C17H20ClNO3S. The molecule has 23 heavy (non-hydrogen) atoms. The molecule has 0 aromatic heterocycles. The molecule has 0 saturated carbocycles. The average Bonchev–Trinajstić information content (AvgIpc) is 2.53. The lowest BCUT2D eigenvalue weighted by Gasteiger charge is -2.23. The van der Waals surface area contributed by atoms with Gasteiger partial charge in [-0.25, -0.2) is 13.1 Å². The number of sulfonamides is 1. The van der Waals surface area contributed by atoms with Crippen molar-refractivity contribution in [3.8, 4) is 0 Å². The van der Waals surface area contributed by atoms with Crippen LogP contribution in [0.15, 0.2) is 59.5 Å². The van der Waals surface area contributed by atoms with E-state index >= 15 is 0 Å². The van der Waals surface area contributed by atoms with Crippen molar-refractivity contribution >= 4 is 21.6 Å². The van der Waals surface area contributed by atoms with E-state index in [1.807, 2.05) is 30.3 Å². The number of hydrogen-bond acceptors (Lipinski definition) is 3. The Kier molecular flexibility index (Phi) is 5.81. The molecule has 0 aliphatic carbocycles. The summed E-state index contributed by atoms with van der Waals surface area (Å²) in [6.07, 6.45) is 1.13. The third-order valence-corrected chi connectivity index (χ3v) is 5.18. The first-order chi connectivity index (χ1) is 10.8. The summed E-state index contributed by atoms with van der Waals surface area (Å²) in [5.74, 6) is 0. The summed E-state index contributed by atoms with van der Waals surface area (Å²) in [4.78, 5) is 0.0869. The van der Waals surface area contributed by atoms with Crippen molar-refractivity contribution in [2.45, 2.75) is 30.3 Å². The van der Waals surface area contributed by atoms with Crippen LogP contribution < -0.4 is 4.72 Å². The summed E-state index contributed by atoms with van der Waals surface area (Å²) in [5.41, 5.74) is -0.0351. The summed E-state index contributed by atoms with van der Waals surface area (Å²) >= 11 is 5.82. The lowest BCUT2D eigenvalue weighted by Crippen LogP contribution is -2.40. The first-order valence-electron chi connectivity index (χ1n) is 7.30. The van der Waals surface area contributed by atoms with Gasteiger partial charge in [0.15, 0.2) is 0 Å². The van der Waals surface area contributed by atoms with Crippen LogP contribution in [-0.4, -0.2) is 25.7 Å². The molecule has 0 bridgehead atoms. The van der Waals surface area contributed by atoms with Crippen LogP contribution in [0.4, 0.5) is 0 Å². The summed E-state index contributed by atoms with van der Waals surface area (Å²) < 4.78 is 26.9. The number of benzene rings is 2. The number of aliphatic hydroxyl groups is 1. The fourth-order valence-corrected chi connectivity index (χ4v) is 3.58. The minimum absolute atomic E-state index is 0.0608. The summed E-state index contributed by atoms with van der Waals surface area (Å²) in [5, 5.41) is 10.7. The Labute approximate surface area is 142 Å². The highest BCUT2D eigenvalue weighted by molar-refractivity contribution is 7.89. The van der Waals surface area contributed by atoms with Crippen LogP contribution in [0.2, 0.25) is 5.02 Å². The molecule has 0 saturated heterocycles. The highest BCUT2D eigenvalue weighted by Gasteiger charge is 2.24. The Morgan fingerprint density at radius 1 is 1.13 bits per heavy atom. The van der Waals surface area contributed by atoms with E-state index in [1.54, 1.807) is 19.1 Å². The first kappa shape index (κ1) is 17.9. The molecular weight excluding hydrogens is 334 g/mol. The predicted octanol–water partition coefficient (Wildman–Crippen LogP) is 3.00. The molecule has 0 amide bonds. The second kappa shape index (κ2) is 7.45. The molecule has 124 valence electrons. The summed E-state index contributed by atoms with van der Waals surface area (Å²) in [6, 6.07) is 15.8. The van der Waals surface area contributed by atoms with Crippen molar-refractivity contribution in [3.63, 3.8) is 0 Å². The maximum Gasteiger partial charge on any atom is 0.240 e. The molecule has 0 fully saturated rings. The Balaban J connectivity index is 1.95. The van der Waals surface area contributed by atoms with Crippen molar-refractivity contribution in [2.24, 2.45) is 0 Å². The normalized spacial score (nSPS) is 14.4. The van der Waals surface area contributed by atoms with Crippen LogP contribution >= 0.6 is 11.6 Å². The largest absolute Gasteiger partial charge is 0.389 e. The van der Waals surface area contributed by atoms with Crippen LogP contribution in [0.5, 0.6) is 0 Å². The molecule has 2 N–H and O–H groups in total. The zero-order chi connectivity index (χ0) is 16.9. The monoisotopic (exact) mass is 353 g/mol. The van der Waals surface area contributed by atoms with E-state index in [0.717, 1.165) is 5.56 Å². The quantitative estimate of drug-likeness (QED) is 0.804. The van der Waals surface area contributed by atoms with Crippen molar-refractivity contribution in [1.82, 2.24) is 4.72 Å². The van der Waals surface area contributed by atoms with Gasteiger partial charge in [0.1, 0.15) is 0 Å². The van der Waals surface area contributed by atoms with Gasteiger partial charge in [-0.2, -0.15) is 0 Å². The van der Waals surface area contributed by atoms with Crippen molar-refractivity contribution in [3.05, 3.63) is 65.2 Å². The molecule has 4 nitrogen and oxygen atoms in total. The van der Waals surface area contributed by atoms with Crippen LogP contribution in [0.25, 0.3) is 0 Å². The predicted molar refractivity (Wildman–Crippen MR) is 92.0 cm³/mol. The minimum atomic E-state index is -3.69. The minimum Gasteiger partial charge on any atom is -0.389 e. The molecule has 6 heteroatoms. The summed E-state index contributed by atoms with van der Waals surface area (Å²) in [6.45, 7) is 1.56. The molecule has 2 rings (SSSR count). The van der Waals surface area contributed by atoms with Crippen molar-refractivity contribution in [2.75, 3.05) is 6.54 Å². The molecule has 0 spiro atoms. The third kappa shape index (κ3) is 5.62. The zero-order valence-corrected chi connectivity index (χ0v) is 14.4. The molecule has 0 aliphatic heterocycles. The van der Waals surface area contributed by atoms with E-state index in [4.69, 9.17) is 11.6 Å². The molecule has 0 heterocycles. The molecule has 2 aromatic rings. The van der Waals surface area contributed by atoms with Crippen LogP contribution in [0.3, 0.4) is 0 Å². The van der Waals surface area contributed by atoms with Gasteiger partial charge >= 0.3 is 0 Å². The lowest BCUT2D eigenvalue weighted by molar-refractivity contribution is 0.0565. The fourth-order valence-electron chi connectivity index (χ4n) is 2.11. The van der Waals surface area contributed by atoms with Crippen LogP contribution in [-0.2, 0) is 16.4 Å². The highest BCUT2D eigenvalue weighted by Crippen LogP contribution is 2.17. The Bertz CT molecular complexity index is 745. The van der Waals surface area contributed by atoms with Gasteiger partial charge < -0.3 is 5.11 Å². The average molecular weight is 354 g/mol. The maximum atomic E-state index is 12.2. The van der Waals surface area contributed by atoms with Crippen molar-refractivity contribution < 1.29 is 13.5 Å². The molecule has 2 aromatic carbocycles. The molecule has 1 unspecified atom stereocenters. The standard InChI is InChI=1S/C17H20ClNO3S/c1-17(20,11-10-14-6-3-2-4-7-14)13-19-23(21,22)16-9-5-8-15(18)12-16/h2-9,12,19-20H,10-11,13H2,1H3. The summed E-state index contributed by atoms with van der Waals surface area (Å²) in [7, 11) is -3.69. The third-order valence-electron chi connectivity index (χ3n) is 3.54. The van der Waals surface area contributed by atoms with E-state index in [-0.39, 0.29) is 11.4 Å². The maximum absolute atomic E-state index is 12.2. The van der Waals surface area contributed by atoms with Crippen LogP contribution in [0, 0.1) is 0 Å². The van der Waals surface area contributed by atoms with Gasteiger partial charge in [0.25, 0.3) is 0 Å². The lowest BCUT2D eigenvalue weighted by atomic mass is 9.97. The Hall–Kier alpha value is -1.40. The molecule has 0 radical (unpaired) electrons. The number of rotatable bonds is 7. The second-order valence-electron chi connectivity index (χ2n) is 5.76. The van der Waals surface area contributed by atoms with Gasteiger partial charge in [-0.15, -0.1) is 0 Å². The number of halogens is 1. The van der Waals surface area contributed by atoms with Gasteiger partial charge in [0.05, 0.1) is 10.5 Å². The van der Waals surface area contributed by atoms with Crippen LogP contribution in [0.1, 0.15) is 18.9 Å². The molecule has 0 aliphatic rings. The SMILES string of the molecule is CC(O)(CCc1ccccc1)CNS(=O)(=O)c1cccc(Cl)c1. The van der Waals surface area contributed by atoms with E-state index in [1.165, 1.54) is 12.1 Å². The van der Waals surface area contributed by atoms with E-state index in [0.29, 0.717) is 17.9 Å². The highest BCUT2D eigenvalue weighted by atomic mass is 35.5. The van der Waals surface area contributed by atoms with Crippen molar-refractivity contribution in [1.29, 1.82) is 0 Å². The fraction of sp³-hybridized carbons (Fsp3) is 0.294. The number of aryl methyl sites for hydroxylation is 1. The Morgan fingerprint density at radius 2 is 1.83 bits per heavy atom. The van der Waals surface area contributed by atoms with Gasteiger partial charge in [0.2, 0.25) is 10.0 Å². The number of hydrogen-bond donors (Lipinski definition) is 2. The Morgan fingerprint density at radius 3 is 2.48 bits per heavy atom.